The third-order valence-corrected chi connectivity index (χ3v) is 3.27. The summed E-state index contributed by atoms with van der Waals surface area (Å²) >= 11 is 6.02. The third-order valence-electron chi connectivity index (χ3n) is 2.91. The minimum atomic E-state index is -0.0894. The number of rotatable bonds is 1. The quantitative estimate of drug-likeness (QED) is 0.709. The van der Waals surface area contributed by atoms with Crippen molar-refractivity contribution in [3.63, 3.8) is 0 Å². The second kappa shape index (κ2) is 4.38. The highest BCUT2D eigenvalue weighted by molar-refractivity contribution is 6.29. The lowest BCUT2D eigenvalue weighted by Gasteiger charge is -2.09. The molecule has 2 rings (SSSR count). The second-order valence-electron chi connectivity index (χ2n) is 4.28. The highest BCUT2D eigenvalue weighted by Gasteiger charge is 2.06. The van der Waals surface area contributed by atoms with Gasteiger partial charge >= 0.3 is 0 Å². The molecule has 0 aliphatic heterocycles. The lowest BCUT2D eigenvalue weighted by Crippen LogP contribution is -2.16. The smallest absolute Gasteiger partial charge is 0.252 e. The Labute approximate surface area is 105 Å². The van der Waals surface area contributed by atoms with E-state index in [1.807, 2.05) is 19.9 Å². The van der Waals surface area contributed by atoms with Crippen molar-refractivity contribution in [1.29, 1.82) is 0 Å². The van der Waals surface area contributed by atoms with Gasteiger partial charge in [-0.2, -0.15) is 0 Å². The van der Waals surface area contributed by atoms with Crippen LogP contribution < -0.4 is 5.56 Å². The van der Waals surface area contributed by atoms with Crippen molar-refractivity contribution in [3.8, 4) is 11.1 Å². The Kier molecular flexibility index (Phi) is 3.07. The Morgan fingerprint density at radius 1 is 1.12 bits per heavy atom. The van der Waals surface area contributed by atoms with Crippen molar-refractivity contribution in [3.05, 3.63) is 57.0 Å². The van der Waals surface area contributed by atoms with Crippen LogP contribution in [0.15, 0.2) is 35.1 Å². The van der Waals surface area contributed by atoms with Gasteiger partial charge in [-0.05, 0) is 36.6 Å². The fourth-order valence-electron chi connectivity index (χ4n) is 1.80. The summed E-state index contributed by atoms with van der Waals surface area (Å²) in [7, 11) is 1.66. The SMILES string of the molecule is Cc1ccc(C)c(-c2cc(Cl)n(C)c(=O)c2)c1. The van der Waals surface area contributed by atoms with E-state index >= 15 is 0 Å². The van der Waals surface area contributed by atoms with Gasteiger partial charge in [-0.25, -0.2) is 0 Å². The summed E-state index contributed by atoms with van der Waals surface area (Å²) in [5.41, 5.74) is 4.15. The molecular formula is C14H14ClNO. The number of hydrogen-bond acceptors (Lipinski definition) is 1. The first-order valence-corrected chi connectivity index (χ1v) is 5.81. The molecule has 1 heterocycles. The minimum absolute atomic E-state index is 0.0894. The highest BCUT2D eigenvalue weighted by Crippen LogP contribution is 2.25. The average Bonchev–Trinajstić information content (AvgIpc) is 2.28. The third kappa shape index (κ3) is 2.27. The number of benzene rings is 1. The number of hydrogen-bond donors (Lipinski definition) is 0. The van der Waals surface area contributed by atoms with Crippen LogP contribution in [-0.2, 0) is 7.05 Å². The molecule has 3 heteroatoms. The van der Waals surface area contributed by atoms with E-state index in [9.17, 15) is 4.79 Å². The van der Waals surface area contributed by atoms with E-state index < -0.39 is 0 Å². The maximum Gasteiger partial charge on any atom is 0.252 e. The number of halogens is 1. The summed E-state index contributed by atoms with van der Waals surface area (Å²) in [5, 5.41) is 0.452. The molecule has 2 nitrogen and oxygen atoms in total. The van der Waals surface area contributed by atoms with Gasteiger partial charge in [0.2, 0.25) is 0 Å². The zero-order valence-electron chi connectivity index (χ0n) is 10.1. The molecule has 0 amide bonds. The van der Waals surface area contributed by atoms with Gasteiger partial charge in [0.15, 0.2) is 0 Å². The van der Waals surface area contributed by atoms with Gasteiger partial charge in [0.05, 0.1) is 0 Å². The van der Waals surface area contributed by atoms with Crippen molar-refractivity contribution >= 4 is 11.6 Å². The largest absolute Gasteiger partial charge is 0.302 e. The van der Waals surface area contributed by atoms with Gasteiger partial charge in [-0.3, -0.25) is 4.79 Å². The number of aryl methyl sites for hydroxylation is 2. The summed E-state index contributed by atoms with van der Waals surface area (Å²) in [5.74, 6) is 0. The standard InChI is InChI=1S/C14H14ClNO/c1-9-4-5-10(2)12(6-9)11-7-13(15)16(3)14(17)8-11/h4-8H,1-3H3. The van der Waals surface area contributed by atoms with Gasteiger partial charge < -0.3 is 4.57 Å². The fourth-order valence-corrected chi connectivity index (χ4v) is 2.01. The normalized spacial score (nSPS) is 10.6. The van der Waals surface area contributed by atoms with E-state index in [1.54, 1.807) is 13.1 Å². The molecule has 0 spiro atoms. The summed E-state index contributed by atoms with van der Waals surface area (Å²) in [6.07, 6.45) is 0. The maximum atomic E-state index is 11.7. The van der Waals surface area contributed by atoms with Crippen LogP contribution in [0.5, 0.6) is 0 Å². The van der Waals surface area contributed by atoms with E-state index in [1.165, 1.54) is 10.1 Å². The second-order valence-corrected chi connectivity index (χ2v) is 4.67. The topological polar surface area (TPSA) is 22.0 Å². The van der Waals surface area contributed by atoms with Crippen LogP contribution >= 0.6 is 11.6 Å². The molecule has 0 aliphatic rings. The van der Waals surface area contributed by atoms with E-state index in [0.29, 0.717) is 5.15 Å². The summed E-state index contributed by atoms with van der Waals surface area (Å²) in [4.78, 5) is 11.7. The molecule has 0 unspecified atom stereocenters. The van der Waals surface area contributed by atoms with E-state index in [-0.39, 0.29) is 5.56 Å². The molecule has 0 saturated carbocycles. The first kappa shape index (κ1) is 11.9. The van der Waals surface area contributed by atoms with Gasteiger partial charge in [0.1, 0.15) is 5.15 Å². The molecule has 0 saturated heterocycles. The first-order chi connectivity index (χ1) is 7.99. The monoisotopic (exact) mass is 247 g/mol. The molecule has 1 aromatic heterocycles. The van der Waals surface area contributed by atoms with Gasteiger partial charge in [0, 0.05) is 13.1 Å². The molecule has 88 valence electrons. The van der Waals surface area contributed by atoms with Gasteiger partial charge in [-0.1, -0.05) is 35.4 Å². The number of aromatic nitrogens is 1. The van der Waals surface area contributed by atoms with Gasteiger partial charge in [0.25, 0.3) is 5.56 Å². The van der Waals surface area contributed by atoms with Crippen LogP contribution in [0.3, 0.4) is 0 Å². The number of pyridine rings is 1. The Hall–Kier alpha value is -1.54. The molecule has 0 bridgehead atoms. The van der Waals surface area contributed by atoms with Gasteiger partial charge in [-0.15, -0.1) is 0 Å². The fraction of sp³-hybridized carbons (Fsp3) is 0.214. The van der Waals surface area contributed by atoms with Crippen molar-refractivity contribution in [2.45, 2.75) is 13.8 Å². The molecule has 0 aliphatic carbocycles. The number of nitrogens with zero attached hydrogens (tertiary/aromatic N) is 1. The van der Waals surface area contributed by atoms with E-state index in [4.69, 9.17) is 11.6 Å². The van der Waals surface area contributed by atoms with Crippen LogP contribution in [0.4, 0.5) is 0 Å². The van der Waals surface area contributed by atoms with Crippen LogP contribution in [0, 0.1) is 13.8 Å². The molecule has 0 fully saturated rings. The maximum absolute atomic E-state index is 11.7. The van der Waals surface area contributed by atoms with E-state index in [2.05, 4.69) is 18.2 Å². The Morgan fingerprint density at radius 2 is 1.82 bits per heavy atom. The lowest BCUT2D eigenvalue weighted by atomic mass is 9.99. The Bertz CT molecular complexity index is 629. The Balaban J connectivity index is 2.69. The van der Waals surface area contributed by atoms with Crippen LogP contribution in [0.1, 0.15) is 11.1 Å². The average molecular weight is 248 g/mol. The molecule has 0 radical (unpaired) electrons. The van der Waals surface area contributed by atoms with E-state index in [0.717, 1.165) is 16.7 Å². The predicted molar refractivity (Wildman–Crippen MR) is 71.6 cm³/mol. The zero-order chi connectivity index (χ0) is 12.6. The van der Waals surface area contributed by atoms with Crippen molar-refractivity contribution in [2.24, 2.45) is 7.05 Å². The highest BCUT2D eigenvalue weighted by atomic mass is 35.5. The molecule has 0 N–H and O–H groups in total. The summed E-state index contributed by atoms with van der Waals surface area (Å²) < 4.78 is 1.43. The predicted octanol–water partition coefficient (Wildman–Crippen LogP) is 3.32. The Morgan fingerprint density at radius 3 is 2.47 bits per heavy atom. The molecule has 1 aromatic carbocycles. The van der Waals surface area contributed by atoms with Crippen molar-refractivity contribution < 1.29 is 0 Å². The van der Waals surface area contributed by atoms with Crippen LogP contribution in [-0.4, -0.2) is 4.57 Å². The minimum Gasteiger partial charge on any atom is -0.302 e. The summed E-state index contributed by atoms with van der Waals surface area (Å²) in [6, 6.07) is 9.62. The molecule has 2 aromatic rings. The molecule has 0 atom stereocenters. The molecular weight excluding hydrogens is 234 g/mol. The lowest BCUT2D eigenvalue weighted by molar-refractivity contribution is 0.862. The van der Waals surface area contributed by atoms with Crippen LogP contribution in [0.25, 0.3) is 11.1 Å². The van der Waals surface area contributed by atoms with Crippen molar-refractivity contribution in [1.82, 2.24) is 4.57 Å². The zero-order valence-corrected chi connectivity index (χ0v) is 10.9. The first-order valence-electron chi connectivity index (χ1n) is 5.43. The van der Waals surface area contributed by atoms with Crippen LogP contribution in [0.2, 0.25) is 5.15 Å². The molecule has 17 heavy (non-hydrogen) atoms. The van der Waals surface area contributed by atoms with Crippen molar-refractivity contribution in [2.75, 3.05) is 0 Å². The summed E-state index contributed by atoms with van der Waals surface area (Å²) in [6.45, 7) is 4.06.